The van der Waals surface area contributed by atoms with Crippen molar-refractivity contribution in [3.8, 4) is 0 Å². The number of nitrogens with two attached hydrogens (primary N) is 1. The van der Waals surface area contributed by atoms with Crippen molar-refractivity contribution in [1.29, 1.82) is 0 Å². The smallest absolute Gasteiger partial charge is 0.330 e. The number of benzene rings is 1. The molecule has 0 saturated heterocycles. The van der Waals surface area contributed by atoms with Crippen LogP contribution in [0.4, 0.5) is 13.2 Å². The number of nitrogens with zero attached hydrogens (tertiary/aromatic N) is 2. The van der Waals surface area contributed by atoms with Crippen molar-refractivity contribution in [2.75, 3.05) is 0 Å². The van der Waals surface area contributed by atoms with E-state index in [-0.39, 0.29) is 6.04 Å². The summed E-state index contributed by atoms with van der Waals surface area (Å²) in [4.78, 5) is 4.23. The van der Waals surface area contributed by atoms with E-state index in [0.29, 0.717) is 18.5 Å². The monoisotopic (exact) mass is 297 g/mol. The van der Waals surface area contributed by atoms with Crippen molar-refractivity contribution >= 4 is 0 Å². The fraction of sp³-hybridized carbons (Fsp3) is 0.400. The Kier molecular flexibility index (Phi) is 4.67. The van der Waals surface area contributed by atoms with Crippen molar-refractivity contribution in [2.45, 2.75) is 38.5 Å². The molecule has 2 rings (SSSR count). The van der Waals surface area contributed by atoms with Gasteiger partial charge in [0.1, 0.15) is 5.82 Å². The fourth-order valence-electron chi connectivity index (χ4n) is 2.10. The summed E-state index contributed by atoms with van der Waals surface area (Å²) in [5, 5.41) is 0. The number of aromatic nitrogens is 2. The van der Waals surface area contributed by atoms with Crippen LogP contribution in [0, 0.1) is 0 Å². The molecule has 0 amide bonds. The van der Waals surface area contributed by atoms with Gasteiger partial charge in [-0.15, -0.1) is 0 Å². The minimum atomic E-state index is -4.32. The third-order valence-electron chi connectivity index (χ3n) is 3.38. The van der Waals surface area contributed by atoms with Crippen molar-refractivity contribution in [3.05, 3.63) is 53.6 Å². The summed E-state index contributed by atoms with van der Waals surface area (Å²) in [6.45, 7) is 2.35. The molecule has 0 aliphatic rings. The molecule has 0 aliphatic heterocycles. The lowest BCUT2D eigenvalue weighted by atomic mass is 10.1. The normalized spacial score (nSPS) is 13.4. The molecule has 0 saturated carbocycles. The molecule has 1 aromatic carbocycles. The van der Waals surface area contributed by atoms with Gasteiger partial charge >= 0.3 is 6.18 Å². The predicted octanol–water partition coefficient (Wildman–Crippen LogP) is 3.23. The Labute approximate surface area is 121 Å². The van der Waals surface area contributed by atoms with Crippen LogP contribution >= 0.6 is 0 Å². The van der Waals surface area contributed by atoms with Gasteiger partial charge in [-0.1, -0.05) is 19.1 Å². The summed E-state index contributed by atoms with van der Waals surface area (Å²) < 4.78 is 40.0. The van der Waals surface area contributed by atoms with Crippen LogP contribution in [0.5, 0.6) is 0 Å². The highest BCUT2D eigenvalue weighted by Gasteiger charge is 2.30. The largest absolute Gasteiger partial charge is 0.416 e. The molecule has 114 valence electrons. The third kappa shape index (κ3) is 4.07. The average Bonchev–Trinajstić information content (AvgIpc) is 2.85. The Hall–Kier alpha value is -1.82. The lowest BCUT2D eigenvalue weighted by molar-refractivity contribution is -0.137. The van der Waals surface area contributed by atoms with Crippen molar-refractivity contribution in [1.82, 2.24) is 9.55 Å². The maximum atomic E-state index is 12.7. The number of halogens is 3. The molecule has 1 heterocycles. The SMILES string of the molecule is CCC(N)Cc1nccn1Cc1cccc(C(F)(F)F)c1. The maximum absolute atomic E-state index is 12.7. The standard InChI is InChI=1S/C15H18F3N3/c1-2-13(19)9-14-20-6-7-21(14)10-11-4-3-5-12(8-11)15(16,17)18/h3-8,13H,2,9-10,19H2,1H3. The van der Waals surface area contributed by atoms with Gasteiger partial charge in [-0.25, -0.2) is 4.98 Å². The second-order valence-corrected chi connectivity index (χ2v) is 5.04. The third-order valence-corrected chi connectivity index (χ3v) is 3.38. The molecule has 0 spiro atoms. The van der Waals surface area contributed by atoms with Crippen LogP contribution in [0.25, 0.3) is 0 Å². The molecule has 1 unspecified atom stereocenters. The average molecular weight is 297 g/mol. The van der Waals surface area contributed by atoms with Gasteiger partial charge in [0.25, 0.3) is 0 Å². The zero-order valence-electron chi connectivity index (χ0n) is 11.8. The minimum absolute atomic E-state index is 0.00709. The summed E-state index contributed by atoms with van der Waals surface area (Å²) in [6, 6.07) is 5.35. The van der Waals surface area contributed by atoms with E-state index in [2.05, 4.69) is 4.98 Å². The number of alkyl halides is 3. The molecule has 1 atom stereocenters. The zero-order valence-corrected chi connectivity index (χ0v) is 11.8. The topological polar surface area (TPSA) is 43.8 Å². The summed E-state index contributed by atoms with van der Waals surface area (Å²) in [6.07, 6.45) is 0.528. The second kappa shape index (κ2) is 6.30. The summed E-state index contributed by atoms with van der Waals surface area (Å²) >= 11 is 0. The van der Waals surface area contributed by atoms with Crippen molar-refractivity contribution < 1.29 is 13.2 Å². The van der Waals surface area contributed by atoms with Crippen LogP contribution in [0.3, 0.4) is 0 Å². The number of hydrogen-bond acceptors (Lipinski definition) is 2. The molecule has 3 nitrogen and oxygen atoms in total. The first-order valence-electron chi connectivity index (χ1n) is 6.82. The molecule has 21 heavy (non-hydrogen) atoms. The Balaban J connectivity index is 2.17. The molecular formula is C15H18F3N3. The van der Waals surface area contributed by atoms with E-state index >= 15 is 0 Å². The van der Waals surface area contributed by atoms with E-state index in [1.807, 2.05) is 11.5 Å². The summed E-state index contributed by atoms with van der Waals surface area (Å²) in [7, 11) is 0. The van der Waals surface area contributed by atoms with Crippen LogP contribution in [-0.4, -0.2) is 15.6 Å². The first kappa shape index (κ1) is 15.6. The van der Waals surface area contributed by atoms with Gasteiger partial charge in [-0.3, -0.25) is 0 Å². The van der Waals surface area contributed by atoms with Crippen LogP contribution in [0.1, 0.15) is 30.3 Å². The molecular weight excluding hydrogens is 279 g/mol. The Morgan fingerprint density at radius 2 is 2.10 bits per heavy atom. The highest BCUT2D eigenvalue weighted by molar-refractivity contribution is 5.26. The van der Waals surface area contributed by atoms with E-state index in [1.165, 1.54) is 12.1 Å². The van der Waals surface area contributed by atoms with Gasteiger partial charge in [0.05, 0.1) is 5.56 Å². The van der Waals surface area contributed by atoms with E-state index in [9.17, 15) is 13.2 Å². The maximum Gasteiger partial charge on any atom is 0.416 e. The van der Waals surface area contributed by atoms with Gasteiger partial charge in [0, 0.05) is 31.4 Å². The molecule has 0 radical (unpaired) electrons. The van der Waals surface area contributed by atoms with Crippen molar-refractivity contribution in [2.24, 2.45) is 5.73 Å². The molecule has 0 bridgehead atoms. The first-order chi connectivity index (χ1) is 9.90. The first-order valence-corrected chi connectivity index (χ1v) is 6.82. The lowest BCUT2D eigenvalue weighted by Crippen LogP contribution is -2.23. The molecule has 1 aromatic heterocycles. The number of hydrogen-bond donors (Lipinski definition) is 1. The highest BCUT2D eigenvalue weighted by Crippen LogP contribution is 2.29. The van der Waals surface area contributed by atoms with Crippen LogP contribution in [0.15, 0.2) is 36.7 Å². The Morgan fingerprint density at radius 3 is 2.76 bits per heavy atom. The van der Waals surface area contributed by atoms with E-state index in [4.69, 9.17) is 5.73 Å². The fourth-order valence-corrected chi connectivity index (χ4v) is 2.10. The van der Waals surface area contributed by atoms with E-state index < -0.39 is 11.7 Å². The molecule has 0 aliphatic carbocycles. The number of imidazole rings is 1. The molecule has 2 N–H and O–H groups in total. The van der Waals surface area contributed by atoms with Crippen LogP contribution in [0.2, 0.25) is 0 Å². The van der Waals surface area contributed by atoms with Gasteiger partial charge < -0.3 is 10.3 Å². The quantitative estimate of drug-likeness (QED) is 0.921. The second-order valence-electron chi connectivity index (χ2n) is 5.04. The zero-order chi connectivity index (χ0) is 15.5. The predicted molar refractivity (Wildman–Crippen MR) is 74.7 cm³/mol. The summed E-state index contributed by atoms with van der Waals surface area (Å²) in [5.41, 5.74) is 5.86. The lowest BCUT2D eigenvalue weighted by Gasteiger charge is -2.13. The molecule has 2 aromatic rings. The van der Waals surface area contributed by atoms with Gasteiger partial charge in [0.15, 0.2) is 0 Å². The Bertz CT molecular complexity index is 590. The van der Waals surface area contributed by atoms with Gasteiger partial charge in [0.2, 0.25) is 0 Å². The van der Waals surface area contributed by atoms with E-state index in [1.54, 1.807) is 18.5 Å². The molecule has 0 fully saturated rings. The molecule has 6 heteroatoms. The van der Waals surface area contributed by atoms with Crippen LogP contribution in [-0.2, 0) is 19.1 Å². The summed E-state index contributed by atoms with van der Waals surface area (Å²) in [5.74, 6) is 0.793. The number of rotatable bonds is 5. The van der Waals surface area contributed by atoms with Crippen LogP contribution < -0.4 is 5.73 Å². The Morgan fingerprint density at radius 1 is 1.33 bits per heavy atom. The van der Waals surface area contributed by atoms with Gasteiger partial charge in [-0.05, 0) is 24.1 Å². The van der Waals surface area contributed by atoms with E-state index in [0.717, 1.165) is 18.3 Å². The van der Waals surface area contributed by atoms with Gasteiger partial charge in [-0.2, -0.15) is 13.2 Å². The van der Waals surface area contributed by atoms with Crippen molar-refractivity contribution in [3.63, 3.8) is 0 Å². The minimum Gasteiger partial charge on any atom is -0.330 e. The highest BCUT2D eigenvalue weighted by atomic mass is 19.4.